The summed E-state index contributed by atoms with van der Waals surface area (Å²) in [6, 6.07) is 16.5. The molecule has 0 spiro atoms. The van der Waals surface area contributed by atoms with E-state index in [4.69, 9.17) is 0 Å². The molecule has 0 unspecified atom stereocenters. The minimum atomic E-state index is -4.43. The number of nitrogens with zero attached hydrogens (tertiary/aromatic N) is 2. The zero-order valence-electron chi connectivity index (χ0n) is 17.0. The number of benzene rings is 1. The number of alkyl halides is 3. The molecule has 162 valence electrons. The summed E-state index contributed by atoms with van der Waals surface area (Å²) in [5, 5.41) is 10.5. The standard InChI is InChI=1S/C23H24F3N5/c1-15(17-9-10-20(29-13-17)23(24,25)26)12-30-21(16-6-3-2-4-7-16)19-14-28-18-8-5-11-27-22(18)31-19/h2-11,13,15,19,21,28,30H,12,14H2,1H3,(H,27,31)/t15-,19-,21-/m1/s1. The van der Waals surface area contributed by atoms with Crippen molar-refractivity contribution in [2.75, 3.05) is 23.7 Å². The molecule has 3 atom stereocenters. The number of aromatic nitrogens is 2. The Balaban J connectivity index is 1.48. The molecule has 8 heteroatoms. The third kappa shape index (κ3) is 4.96. The first-order valence-corrected chi connectivity index (χ1v) is 10.2. The molecule has 0 amide bonds. The van der Waals surface area contributed by atoms with E-state index in [2.05, 4.69) is 38.1 Å². The second-order valence-electron chi connectivity index (χ2n) is 7.70. The van der Waals surface area contributed by atoms with Gasteiger partial charge < -0.3 is 16.0 Å². The minimum absolute atomic E-state index is 0.0112. The highest BCUT2D eigenvalue weighted by molar-refractivity contribution is 5.67. The zero-order valence-corrected chi connectivity index (χ0v) is 17.0. The second-order valence-corrected chi connectivity index (χ2v) is 7.70. The average Bonchev–Trinajstić information content (AvgIpc) is 2.79. The monoisotopic (exact) mass is 427 g/mol. The third-order valence-electron chi connectivity index (χ3n) is 5.49. The van der Waals surface area contributed by atoms with Gasteiger partial charge in [0.2, 0.25) is 0 Å². The van der Waals surface area contributed by atoms with Crippen molar-refractivity contribution < 1.29 is 13.2 Å². The SMILES string of the molecule is C[C@H](CN[C@H](c1ccccc1)[C@H]1CNc2cccnc2N1)c1ccc(C(F)(F)F)nc1. The highest BCUT2D eigenvalue weighted by Gasteiger charge is 2.32. The van der Waals surface area contributed by atoms with Crippen molar-refractivity contribution in [3.05, 3.63) is 83.8 Å². The summed E-state index contributed by atoms with van der Waals surface area (Å²) in [6.45, 7) is 3.27. The zero-order chi connectivity index (χ0) is 21.8. The van der Waals surface area contributed by atoms with Crippen LogP contribution in [0.2, 0.25) is 0 Å². The number of hydrogen-bond acceptors (Lipinski definition) is 5. The Kier molecular flexibility index (Phi) is 6.08. The van der Waals surface area contributed by atoms with Crippen LogP contribution in [0.4, 0.5) is 24.7 Å². The summed E-state index contributed by atoms with van der Waals surface area (Å²) < 4.78 is 38.3. The van der Waals surface area contributed by atoms with Gasteiger partial charge in [-0.2, -0.15) is 13.2 Å². The predicted molar refractivity (Wildman–Crippen MR) is 115 cm³/mol. The predicted octanol–water partition coefficient (Wildman–Crippen LogP) is 4.84. The number of rotatable bonds is 6. The Hall–Kier alpha value is -3.13. The Bertz CT molecular complexity index is 992. The highest BCUT2D eigenvalue weighted by atomic mass is 19.4. The van der Waals surface area contributed by atoms with E-state index in [0.29, 0.717) is 13.1 Å². The van der Waals surface area contributed by atoms with Crippen LogP contribution in [0.3, 0.4) is 0 Å². The molecular weight excluding hydrogens is 403 g/mol. The van der Waals surface area contributed by atoms with E-state index in [-0.39, 0.29) is 18.0 Å². The first-order chi connectivity index (χ1) is 14.9. The van der Waals surface area contributed by atoms with Gasteiger partial charge in [0.05, 0.1) is 17.8 Å². The van der Waals surface area contributed by atoms with E-state index in [0.717, 1.165) is 28.7 Å². The van der Waals surface area contributed by atoms with Crippen molar-refractivity contribution >= 4 is 11.5 Å². The van der Waals surface area contributed by atoms with E-state index in [1.807, 2.05) is 37.3 Å². The second kappa shape index (κ2) is 8.93. The largest absolute Gasteiger partial charge is 0.433 e. The van der Waals surface area contributed by atoms with Crippen LogP contribution in [0.15, 0.2) is 67.0 Å². The van der Waals surface area contributed by atoms with Crippen molar-refractivity contribution in [3.63, 3.8) is 0 Å². The van der Waals surface area contributed by atoms with Gasteiger partial charge in [0.1, 0.15) is 11.5 Å². The molecule has 31 heavy (non-hydrogen) atoms. The van der Waals surface area contributed by atoms with Crippen LogP contribution in [-0.4, -0.2) is 29.1 Å². The number of fused-ring (bicyclic) bond motifs is 1. The Morgan fingerprint density at radius 2 is 1.84 bits per heavy atom. The topological polar surface area (TPSA) is 61.9 Å². The van der Waals surface area contributed by atoms with E-state index < -0.39 is 11.9 Å². The molecule has 1 aliphatic rings. The van der Waals surface area contributed by atoms with Crippen LogP contribution in [-0.2, 0) is 6.18 Å². The van der Waals surface area contributed by atoms with Crippen LogP contribution in [0.5, 0.6) is 0 Å². The molecule has 0 bridgehead atoms. The smallest absolute Gasteiger partial charge is 0.380 e. The van der Waals surface area contributed by atoms with Gasteiger partial charge in [-0.25, -0.2) is 4.98 Å². The molecule has 0 radical (unpaired) electrons. The molecule has 3 aromatic rings. The normalized spacial score (nSPS) is 17.7. The van der Waals surface area contributed by atoms with Crippen LogP contribution in [0.1, 0.15) is 35.7 Å². The number of pyridine rings is 2. The van der Waals surface area contributed by atoms with E-state index in [9.17, 15) is 13.2 Å². The van der Waals surface area contributed by atoms with Gasteiger partial charge in [-0.15, -0.1) is 0 Å². The Morgan fingerprint density at radius 3 is 2.55 bits per heavy atom. The van der Waals surface area contributed by atoms with Gasteiger partial charge in [-0.1, -0.05) is 43.3 Å². The molecule has 4 rings (SSSR count). The van der Waals surface area contributed by atoms with Gasteiger partial charge in [0.15, 0.2) is 0 Å². The number of hydrogen-bond donors (Lipinski definition) is 3. The Morgan fingerprint density at radius 1 is 1.03 bits per heavy atom. The van der Waals surface area contributed by atoms with Crippen LogP contribution < -0.4 is 16.0 Å². The van der Waals surface area contributed by atoms with Crippen molar-refractivity contribution in [1.29, 1.82) is 0 Å². The fraction of sp³-hybridized carbons (Fsp3) is 0.304. The van der Waals surface area contributed by atoms with E-state index in [1.54, 1.807) is 6.20 Å². The first-order valence-electron chi connectivity index (χ1n) is 10.2. The van der Waals surface area contributed by atoms with Crippen molar-refractivity contribution in [3.8, 4) is 0 Å². The molecule has 1 aromatic carbocycles. The number of nitrogens with one attached hydrogen (secondary N) is 3. The Labute approximate surface area is 179 Å². The maximum absolute atomic E-state index is 12.8. The highest BCUT2D eigenvalue weighted by Crippen LogP contribution is 2.30. The van der Waals surface area contributed by atoms with Crippen molar-refractivity contribution in [1.82, 2.24) is 15.3 Å². The van der Waals surface area contributed by atoms with Crippen LogP contribution in [0.25, 0.3) is 0 Å². The van der Waals surface area contributed by atoms with Gasteiger partial charge in [0, 0.05) is 25.5 Å². The maximum Gasteiger partial charge on any atom is 0.433 e. The van der Waals surface area contributed by atoms with Gasteiger partial charge in [-0.3, -0.25) is 4.98 Å². The molecule has 3 N–H and O–H groups in total. The lowest BCUT2D eigenvalue weighted by molar-refractivity contribution is -0.141. The lowest BCUT2D eigenvalue weighted by Gasteiger charge is -2.35. The molecule has 5 nitrogen and oxygen atoms in total. The summed E-state index contributed by atoms with van der Waals surface area (Å²) in [6.07, 6.45) is -1.36. The van der Waals surface area contributed by atoms with E-state index in [1.165, 1.54) is 12.3 Å². The van der Waals surface area contributed by atoms with Crippen LogP contribution in [0, 0.1) is 0 Å². The quantitative estimate of drug-likeness (QED) is 0.526. The molecule has 0 saturated heterocycles. The fourth-order valence-corrected chi connectivity index (χ4v) is 3.75. The molecule has 0 fully saturated rings. The summed E-state index contributed by atoms with van der Waals surface area (Å²) in [5.41, 5.74) is 1.98. The molecule has 1 aliphatic heterocycles. The molecule has 0 saturated carbocycles. The van der Waals surface area contributed by atoms with Crippen LogP contribution >= 0.6 is 0 Å². The molecule has 2 aromatic heterocycles. The molecule has 3 heterocycles. The van der Waals surface area contributed by atoms with Gasteiger partial charge in [-0.05, 0) is 35.2 Å². The van der Waals surface area contributed by atoms with Gasteiger partial charge in [0.25, 0.3) is 0 Å². The van der Waals surface area contributed by atoms with E-state index >= 15 is 0 Å². The lowest BCUT2D eigenvalue weighted by Crippen LogP contribution is -2.45. The fourth-order valence-electron chi connectivity index (χ4n) is 3.75. The minimum Gasteiger partial charge on any atom is -0.380 e. The maximum atomic E-state index is 12.8. The number of anilines is 2. The average molecular weight is 427 g/mol. The van der Waals surface area contributed by atoms with Gasteiger partial charge >= 0.3 is 6.18 Å². The lowest BCUT2D eigenvalue weighted by atomic mass is 9.96. The summed E-state index contributed by atoms with van der Waals surface area (Å²) in [4.78, 5) is 8.00. The number of halogens is 3. The first kappa shape index (κ1) is 21.1. The third-order valence-corrected chi connectivity index (χ3v) is 5.49. The molecular formula is C23H24F3N5. The summed E-state index contributed by atoms with van der Waals surface area (Å²) in [7, 11) is 0. The van der Waals surface area contributed by atoms with Crippen molar-refractivity contribution in [2.24, 2.45) is 0 Å². The molecule has 0 aliphatic carbocycles. The van der Waals surface area contributed by atoms with Crippen molar-refractivity contribution in [2.45, 2.75) is 31.1 Å². The summed E-state index contributed by atoms with van der Waals surface area (Å²) in [5.74, 6) is 0.796. The summed E-state index contributed by atoms with van der Waals surface area (Å²) >= 11 is 0.